The minimum absolute atomic E-state index is 0.364. The van der Waals surface area contributed by atoms with E-state index in [2.05, 4.69) is 39.6 Å². The van der Waals surface area contributed by atoms with E-state index in [-0.39, 0.29) is 6.03 Å². The maximum absolute atomic E-state index is 12.2. The Hall–Kier alpha value is -3.42. The number of benzene rings is 1. The van der Waals surface area contributed by atoms with Crippen molar-refractivity contribution in [1.82, 2.24) is 20.4 Å². The summed E-state index contributed by atoms with van der Waals surface area (Å²) in [6.07, 6.45) is 4.04. The van der Waals surface area contributed by atoms with E-state index in [1.165, 1.54) is 0 Å². The number of hydrogen-bond donors (Lipinski definition) is 2. The molecule has 8 nitrogen and oxygen atoms in total. The van der Waals surface area contributed by atoms with Crippen molar-refractivity contribution in [2.75, 3.05) is 5.32 Å². The van der Waals surface area contributed by atoms with E-state index in [0.29, 0.717) is 34.8 Å². The van der Waals surface area contributed by atoms with Crippen molar-refractivity contribution in [3.8, 4) is 11.5 Å². The Morgan fingerprint density at radius 3 is 2.61 bits per heavy atom. The van der Waals surface area contributed by atoms with Gasteiger partial charge in [-0.05, 0) is 49.2 Å². The molecule has 8 heteroatoms. The normalized spacial score (nSPS) is 11.9. The summed E-state index contributed by atoms with van der Waals surface area (Å²) in [5, 5.41) is 9.48. The smallest absolute Gasteiger partial charge is 0.319 e. The van der Waals surface area contributed by atoms with Crippen molar-refractivity contribution >= 4 is 11.7 Å². The minimum Gasteiger partial charge on any atom is -0.456 e. The third kappa shape index (κ3) is 5.54. The predicted molar refractivity (Wildman–Crippen MR) is 104 cm³/mol. The second kappa shape index (κ2) is 8.98. The van der Waals surface area contributed by atoms with Crippen LogP contribution in [-0.4, -0.2) is 21.2 Å². The van der Waals surface area contributed by atoms with Gasteiger partial charge in [-0.2, -0.15) is 4.98 Å². The molecule has 0 bridgehead atoms. The van der Waals surface area contributed by atoms with Crippen LogP contribution in [-0.2, 0) is 6.42 Å². The first kappa shape index (κ1) is 19.3. The lowest BCUT2D eigenvalue weighted by atomic mass is 10.1. The molecular weight excluding hydrogens is 358 g/mol. The molecule has 146 valence electrons. The first-order valence-corrected chi connectivity index (χ1v) is 9.07. The summed E-state index contributed by atoms with van der Waals surface area (Å²) >= 11 is 0. The van der Waals surface area contributed by atoms with E-state index < -0.39 is 6.04 Å². The van der Waals surface area contributed by atoms with Crippen molar-refractivity contribution in [2.24, 2.45) is 5.92 Å². The fourth-order valence-corrected chi connectivity index (χ4v) is 2.47. The van der Waals surface area contributed by atoms with Crippen molar-refractivity contribution in [1.29, 1.82) is 0 Å². The van der Waals surface area contributed by atoms with Crippen LogP contribution in [0.1, 0.15) is 38.5 Å². The monoisotopic (exact) mass is 381 g/mol. The molecule has 0 saturated heterocycles. The van der Waals surface area contributed by atoms with Gasteiger partial charge in [-0.25, -0.2) is 4.79 Å². The minimum atomic E-state index is -0.401. The van der Waals surface area contributed by atoms with Crippen LogP contribution < -0.4 is 15.4 Å². The highest BCUT2D eigenvalue weighted by molar-refractivity contribution is 5.89. The highest BCUT2D eigenvalue weighted by Gasteiger charge is 2.17. The van der Waals surface area contributed by atoms with Crippen molar-refractivity contribution in [3.63, 3.8) is 0 Å². The zero-order valence-corrected chi connectivity index (χ0v) is 16.0. The van der Waals surface area contributed by atoms with Crippen LogP contribution in [0.5, 0.6) is 11.5 Å². The Morgan fingerprint density at radius 2 is 1.93 bits per heavy atom. The van der Waals surface area contributed by atoms with E-state index in [1.807, 2.05) is 6.07 Å². The van der Waals surface area contributed by atoms with Crippen LogP contribution in [0.3, 0.4) is 0 Å². The van der Waals surface area contributed by atoms with Gasteiger partial charge in [0.2, 0.25) is 5.89 Å². The van der Waals surface area contributed by atoms with Gasteiger partial charge in [0, 0.05) is 18.3 Å². The molecule has 0 radical (unpaired) electrons. The SMILES string of the molecule is CC(C)Cc1noc(C(C)NC(=O)Nc2ccc(Oc3cccnc3)cc2)n1. The van der Waals surface area contributed by atoms with Crippen LogP contribution in [0.25, 0.3) is 0 Å². The Bertz CT molecular complexity index is 894. The van der Waals surface area contributed by atoms with Crippen molar-refractivity contribution in [2.45, 2.75) is 33.2 Å². The maximum Gasteiger partial charge on any atom is 0.319 e. The molecule has 1 aromatic carbocycles. The second-order valence-electron chi connectivity index (χ2n) is 6.78. The number of hydrogen-bond acceptors (Lipinski definition) is 6. The zero-order chi connectivity index (χ0) is 19.9. The first-order valence-electron chi connectivity index (χ1n) is 9.07. The molecule has 3 aromatic rings. The molecule has 0 aliphatic heterocycles. The molecule has 1 unspecified atom stereocenters. The van der Waals surface area contributed by atoms with Gasteiger partial charge in [-0.3, -0.25) is 4.98 Å². The lowest BCUT2D eigenvalue weighted by molar-refractivity contribution is 0.245. The molecule has 0 saturated carbocycles. The third-order valence-electron chi connectivity index (χ3n) is 3.77. The van der Waals surface area contributed by atoms with Gasteiger partial charge in [0.25, 0.3) is 0 Å². The van der Waals surface area contributed by atoms with Gasteiger partial charge in [-0.15, -0.1) is 0 Å². The average molecular weight is 381 g/mol. The molecule has 2 N–H and O–H groups in total. The molecule has 2 aromatic heterocycles. The molecule has 2 amide bonds. The van der Waals surface area contributed by atoms with Crippen LogP contribution in [0, 0.1) is 5.92 Å². The van der Waals surface area contributed by atoms with Gasteiger partial charge in [-0.1, -0.05) is 19.0 Å². The molecule has 0 aliphatic rings. The van der Waals surface area contributed by atoms with Gasteiger partial charge < -0.3 is 19.9 Å². The summed E-state index contributed by atoms with van der Waals surface area (Å²) in [5.41, 5.74) is 0.634. The fraction of sp³-hybridized carbons (Fsp3) is 0.300. The Kier molecular flexibility index (Phi) is 6.21. The summed E-state index contributed by atoms with van der Waals surface area (Å²) in [6.45, 7) is 5.95. The quantitative estimate of drug-likeness (QED) is 0.631. The standard InChI is InChI=1S/C20H23N5O3/c1-13(2)11-18-24-19(28-25-18)14(3)22-20(26)23-15-6-8-16(9-7-15)27-17-5-4-10-21-12-17/h4-10,12-14H,11H2,1-3H3,(H2,22,23,26). The number of nitrogens with one attached hydrogen (secondary N) is 2. The highest BCUT2D eigenvalue weighted by atomic mass is 16.5. The molecule has 2 heterocycles. The molecular formula is C20H23N5O3. The maximum atomic E-state index is 12.2. The van der Waals surface area contributed by atoms with Gasteiger partial charge >= 0.3 is 6.03 Å². The Labute approximate surface area is 163 Å². The first-order chi connectivity index (χ1) is 13.5. The Balaban J connectivity index is 1.52. The number of ether oxygens (including phenoxy) is 1. The topological polar surface area (TPSA) is 102 Å². The van der Waals surface area contributed by atoms with Crippen LogP contribution in [0.4, 0.5) is 10.5 Å². The van der Waals surface area contributed by atoms with E-state index in [9.17, 15) is 4.79 Å². The summed E-state index contributed by atoms with van der Waals surface area (Å²) < 4.78 is 10.9. The lowest BCUT2D eigenvalue weighted by Gasteiger charge is -2.11. The lowest BCUT2D eigenvalue weighted by Crippen LogP contribution is -2.31. The number of pyridine rings is 1. The van der Waals surface area contributed by atoms with Gasteiger partial charge in [0.1, 0.15) is 17.5 Å². The average Bonchev–Trinajstić information content (AvgIpc) is 3.12. The Morgan fingerprint density at radius 1 is 1.14 bits per heavy atom. The number of carbonyl (C=O) groups is 1. The molecule has 1 atom stereocenters. The van der Waals surface area contributed by atoms with Crippen LogP contribution in [0.15, 0.2) is 53.3 Å². The zero-order valence-electron chi connectivity index (χ0n) is 16.0. The number of anilines is 1. The molecule has 3 rings (SSSR count). The summed E-state index contributed by atoms with van der Waals surface area (Å²) in [6, 6.07) is 9.89. The molecule has 28 heavy (non-hydrogen) atoms. The van der Waals surface area contributed by atoms with Crippen molar-refractivity contribution < 1.29 is 14.1 Å². The second-order valence-corrected chi connectivity index (χ2v) is 6.78. The van der Waals surface area contributed by atoms with Crippen molar-refractivity contribution in [3.05, 3.63) is 60.5 Å². The largest absolute Gasteiger partial charge is 0.456 e. The number of carbonyl (C=O) groups excluding carboxylic acids is 1. The number of urea groups is 1. The highest BCUT2D eigenvalue weighted by Crippen LogP contribution is 2.22. The fourth-order valence-electron chi connectivity index (χ4n) is 2.47. The van der Waals surface area contributed by atoms with Crippen LogP contribution in [0.2, 0.25) is 0 Å². The van der Waals surface area contributed by atoms with E-state index in [4.69, 9.17) is 9.26 Å². The number of nitrogens with zero attached hydrogens (tertiary/aromatic N) is 3. The summed E-state index contributed by atoms with van der Waals surface area (Å²) in [7, 11) is 0. The molecule has 0 aliphatic carbocycles. The van der Waals surface area contributed by atoms with Gasteiger partial charge in [0.15, 0.2) is 5.82 Å². The summed E-state index contributed by atoms with van der Waals surface area (Å²) in [5.74, 6) is 2.75. The molecule has 0 fully saturated rings. The molecule has 0 spiro atoms. The number of aromatic nitrogens is 3. The van der Waals surface area contributed by atoms with E-state index in [1.54, 1.807) is 49.6 Å². The van der Waals surface area contributed by atoms with Gasteiger partial charge in [0.05, 0.1) is 6.20 Å². The van der Waals surface area contributed by atoms with E-state index >= 15 is 0 Å². The number of rotatable bonds is 7. The third-order valence-corrected chi connectivity index (χ3v) is 3.77. The summed E-state index contributed by atoms with van der Waals surface area (Å²) in [4.78, 5) is 20.5. The van der Waals surface area contributed by atoms with Crippen LogP contribution >= 0.6 is 0 Å². The predicted octanol–water partition coefficient (Wildman–Crippen LogP) is 4.34. The number of amides is 2. The van der Waals surface area contributed by atoms with E-state index in [0.717, 1.165) is 6.42 Å².